The van der Waals surface area contributed by atoms with Gasteiger partial charge in [-0.05, 0) is 74.0 Å². The summed E-state index contributed by atoms with van der Waals surface area (Å²) in [5.74, 6) is 2.05. The normalized spacial score (nSPS) is 14.0. The van der Waals surface area contributed by atoms with Crippen LogP contribution in [-0.2, 0) is 11.0 Å². The van der Waals surface area contributed by atoms with Crippen molar-refractivity contribution in [2.75, 3.05) is 7.11 Å². The van der Waals surface area contributed by atoms with E-state index in [0.717, 1.165) is 15.9 Å². The van der Waals surface area contributed by atoms with E-state index in [1.165, 1.54) is 0 Å². The maximum atomic E-state index is 12.2. The van der Waals surface area contributed by atoms with Gasteiger partial charge in [-0.25, -0.2) is 8.93 Å². The predicted molar refractivity (Wildman–Crippen MR) is 104 cm³/mol. The van der Waals surface area contributed by atoms with Crippen LogP contribution >= 0.6 is 15.9 Å². The number of nitrogens with one attached hydrogen (secondary N) is 1. The average molecular weight is 427 g/mol. The lowest BCUT2D eigenvalue weighted by Gasteiger charge is -2.21. The second-order valence-electron chi connectivity index (χ2n) is 6.54. The van der Waals surface area contributed by atoms with Gasteiger partial charge in [0.05, 0.1) is 45.2 Å². The molecule has 25 heavy (non-hydrogen) atoms. The summed E-state index contributed by atoms with van der Waals surface area (Å²) in [5, 5.41) is 0. The van der Waals surface area contributed by atoms with Gasteiger partial charge in [0, 0.05) is 0 Å². The van der Waals surface area contributed by atoms with Crippen LogP contribution in [0, 0.1) is 0 Å². The van der Waals surface area contributed by atoms with Crippen molar-refractivity contribution in [3.8, 4) is 17.2 Å². The monoisotopic (exact) mass is 426 g/mol. The van der Waals surface area contributed by atoms with E-state index in [0.29, 0.717) is 11.5 Å². The molecule has 0 aliphatic rings. The van der Waals surface area contributed by atoms with Crippen molar-refractivity contribution in [3.05, 3.63) is 46.7 Å². The smallest absolute Gasteiger partial charge is 0.145 e. The molecule has 7 heteroatoms. The Morgan fingerprint density at radius 1 is 1.20 bits per heavy atom. The Bertz CT molecular complexity index is 745. The van der Waals surface area contributed by atoms with E-state index in [1.54, 1.807) is 13.3 Å². The Balaban J connectivity index is 2.06. The van der Waals surface area contributed by atoms with Crippen LogP contribution in [0.1, 0.15) is 39.4 Å². The van der Waals surface area contributed by atoms with Crippen molar-refractivity contribution in [1.29, 1.82) is 0 Å². The highest BCUT2D eigenvalue weighted by molar-refractivity contribution is 9.10. The van der Waals surface area contributed by atoms with Crippen LogP contribution in [-0.4, -0.2) is 21.0 Å². The summed E-state index contributed by atoms with van der Waals surface area (Å²) in [4.78, 5) is 4.41. The quantitative estimate of drug-likeness (QED) is 0.722. The number of pyridine rings is 1. The largest absolute Gasteiger partial charge is 0.497 e. The van der Waals surface area contributed by atoms with E-state index in [4.69, 9.17) is 9.47 Å². The summed E-state index contributed by atoms with van der Waals surface area (Å²) in [5.41, 5.74) is 0.804. The first-order valence-electron chi connectivity index (χ1n) is 7.86. The molecule has 2 aromatic rings. The summed E-state index contributed by atoms with van der Waals surface area (Å²) in [6.07, 6.45) is 1.66. The first kappa shape index (κ1) is 19.9. The van der Waals surface area contributed by atoms with E-state index < -0.39 is 11.0 Å². The second kappa shape index (κ2) is 8.29. The van der Waals surface area contributed by atoms with Crippen LogP contribution in [0.3, 0.4) is 0 Å². The molecule has 2 atom stereocenters. The van der Waals surface area contributed by atoms with Crippen LogP contribution in [0.2, 0.25) is 0 Å². The van der Waals surface area contributed by atoms with Crippen LogP contribution in [0.4, 0.5) is 0 Å². The van der Waals surface area contributed by atoms with Crippen molar-refractivity contribution in [2.45, 2.75) is 38.5 Å². The van der Waals surface area contributed by atoms with Crippen molar-refractivity contribution < 1.29 is 13.7 Å². The number of benzene rings is 1. The summed E-state index contributed by atoms with van der Waals surface area (Å²) < 4.78 is 26.7. The fourth-order valence-electron chi connectivity index (χ4n) is 1.92. The zero-order valence-corrected chi connectivity index (χ0v) is 17.4. The first-order valence-corrected chi connectivity index (χ1v) is 9.80. The maximum absolute atomic E-state index is 12.2. The second-order valence-corrected chi connectivity index (χ2v) is 9.39. The number of hydrogen-bond acceptors (Lipinski definition) is 4. The summed E-state index contributed by atoms with van der Waals surface area (Å²) in [6, 6.07) is 9.08. The Kier molecular flexibility index (Phi) is 6.59. The maximum Gasteiger partial charge on any atom is 0.145 e. The highest BCUT2D eigenvalue weighted by Gasteiger charge is 2.22. The third-order valence-corrected chi connectivity index (χ3v) is 5.71. The molecule has 136 valence electrons. The molecule has 0 radical (unpaired) electrons. The molecule has 1 N–H and O–H groups in total. The molecule has 0 fully saturated rings. The number of aromatic nitrogens is 1. The van der Waals surface area contributed by atoms with Crippen molar-refractivity contribution in [1.82, 2.24) is 9.71 Å². The highest BCUT2D eigenvalue weighted by Crippen LogP contribution is 2.32. The zero-order valence-electron chi connectivity index (χ0n) is 15.0. The third kappa shape index (κ3) is 5.52. The Morgan fingerprint density at radius 2 is 1.88 bits per heavy atom. The molecule has 2 rings (SSSR count). The molecule has 0 aliphatic carbocycles. The number of rotatable bonds is 6. The van der Waals surface area contributed by atoms with E-state index in [-0.39, 0.29) is 10.8 Å². The van der Waals surface area contributed by atoms with Crippen molar-refractivity contribution in [3.63, 3.8) is 0 Å². The van der Waals surface area contributed by atoms with E-state index in [1.807, 2.05) is 58.0 Å². The molecule has 0 unspecified atom stereocenters. The molecule has 0 bridgehead atoms. The van der Waals surface area contributed by atoms with Crippen LogP contribution in [0.25, 0.3) is 0 Å². The van der Waals surface area contributed by atoms with Gasteiger partial charge in [-0.15, -0.1) is 0 Å². The third-order valence-electron chi connectivity index (χ3n) is 3.41. The van der Waals surface area contributed by atoms with Gasteiger partial charge in [-0.3, -0.25) is 4.98 Å². The Labute approximate surface area is 159 Å². The SMILES string of the molecule is COc1ccc(Oc2ccc([C@@H](C)N[S@@](=O)C(C)(C)C)nc2)c(Br)c1. The van der Waals surface area contributed by atoms with Gasteiger partial charge in [0.2, 0.25) is 0 Å². The van der Waals surface area contributed by atoms with Gasteiger partial charge in [0.25, 0.3) is 0 Å². The molecule has 1 heterocycles. The number of methoxy groups -OCH3 is 1. The van der Waals surface area contributed by atoms with Gasteiger partial charge < -0.3 is 9.47 Å². The predicted octanol–water partition coefficient (Wildman–Crippen LogP) is 4.76. The number of nitrogens with zero attached hydrogens (tertiary/aromatic N) is 1. The minimum absolute atomic E-state index is 0.123. The first-order chi connectivity index (χ1) is 11.7. The number of hydrogen-bond donors (Lipinski definition) is 1. The molecule has 1 aromatic heterocycles. The topological polar surface area (TPSA) is 60.5 Å². The molecule has 0 spiro atoms. The van der Waals surface area contributed by atoms with E-state index in [2.05, 4.69) is 25.6 Å². The van der Waals surface area contributed by atoms with Crippen molar-refractivity contribution in [2.24, 2.45) is 0 Å². The molecule has 0 saturated carbocycles. The molecule has 5 nitrogen and oxygen atoms in total. The molecule has 1 aromatic carbocycles. The molecule has 0 amide bonds. The zero-order chi connectivity index (χ0) is 18.6. The van der Waals surface area contributed by atoms with Gasteiger partial charge in [-0.2, -0.15) is 0 Å². The van der Waals surface area contributed by atoms with Crippen LogP contribution in [0.15, 0.2) is 41.0 Å². The van der Waals surface area contributed by atoms with Gasteiger partial charge >= 0.3 is 0 Å². The van der Waals surface area contributed by atoms with Gasteiger partial charge in [0.15, 0.2) is 0 Å². The summed E-state index contributed by atoms with van der Waals surface area (Å²) >= 11 is 3.46. The lowest BCUT2D eigenvalue weighted by atomic mass is 10.2. The molecular formula is C18H23BrN2O3S. The Morgan fingerprint density at radius 3 is 2.40 bits per heavy atom. The summed E-state index contributed by atoms with van der Waals surface area (Å²) in [6.45, 7) is 7.73. The minimum Gasteiger partial charge on any atom is -0.497 e. The Hall–Kier alpha value is -1.44. The molecular weight excluding hydrogens is 404 g/mol. The standard InChI is InChI=1S/C18H23BrN2O3S/c1-12(21-25(22)18(2,3)4)16-8-6-14(11-20-16)24-17-9-7-13(23-5)10-15(17)19/h6-12,21H,1-5H3/t12-,25+/m1/s1. The lowest BCUT2D eigenvalue weighted by Crippen LogP contribution is -2.35. The van der Waals surface area contributed by atoms with E-state index >= 15 is 0 Å². The van der Waals surface area contributed by atoms with Gasteiger partial charge in [0.1, 0.15) is 17.2 Å². The molecule has 0 saturated heterocycles. The highest BCUT2D eigenvalue weighted by atomic mass is 79.9. The number of ether oxygens (including phenoxy) is 2. The van der Waals surface area contributed by atoms with Gasteiger partial charge in [-0.1, -0.05) is 0 Å². The average Bonchev–Trinajstić information content (AvgIpc) is 2.56. The fraction of sp³-hybridized carbons (Fsp3) is 0.389. The van der Waals surface area contributed by atoms with Crippen molar-refractivity contribution >= 4 is 26.9 Å². The molecule has 0 aliphatic heterocycles. The van der Waals surface area contributed by atoms with Crippen LogP contribution in [0.5, 0.6) is 17.2 Å². The fourth-order valence-corrected chi connectivity index (χ4v) is 3.16. The lowest BCUT2D eigenvalue weighted by molar-refractivity contribution is 0.412. The minimum atomic E-state index is -1.15. The van der Waals surface area contributed by atoms with Crippen LogP contribution < -0.4 is 14.2 Å². The van der Waals surface area contributed by atoms with E-state index in [9.17, 15) is 4.21 Å². The summed E-state index contributed by atoms with van der Waals surface area (Å²) in [7, 11) is 0.467. The number of halogens is 1.